The first-order valence-corrected chi connectivity index (χ1v) is 4.98. The summed E-state index contributed by atoms with van der Waals surface area (Å²) in [7, 11) is 1.45. The summed E-state index contributed by atoms with van der Waals surface area (Å²) in [6.07, 6.45) is 0. The zero-order chi connectivity index (χ0) is 10.4. The van der Waals surface area contributed by atoms with Crippen molar-refractivity contribution in [2.75, 3.05) is 26.8 Å². The molecule has 2 rings (SSSR count). The Morgan fingerprint density at radius 2 is 2.29 bits per heavy atom. The molecule has 4 heteroatoms. The fourth-order valence-corrected chi connectivity index (χ4v) is 2.77. The van der Waals surface area contributed by atoms with E-state index < -0.39 is 11.0 Å². The number of hydrogen-bond acceptors (Lipinski definition) is 4. The predicted molar refractivity (Wildman–Crippen MR) is 50.8 cm³/mol. The minimum absolute atomic E-state index is 0.144. The molecule has 0 aromatic carbocycles. The van der Waals surface area contributed by atoms with Crippen molar-refractivity contribution in [3.8, 4) is 0 Å². The second kappa shape index (κ2) is 2.94. The summed E-state index contributed by atoms with van der Waals surface area (Å²) in [6, 6.07) is 0. The lowest BCUT2D eigenvalue weighted by Gasteiger charge is -2.36. The fourth-order valence-electron chi connectivity index (χ4n) is 2.77. The van der Waals surface area contributed by atoms with Gasteiger partial charge in [-0.05, 0) is 13.8 Å². The Morgan fingerprint density at radius 1 is 1.57 bits per heavy atom. The molecule has 4 nitrogen and oxygen atoms in total. The van der Waals surface area contributed by atoms with Crippen LogP contribution >= 0.6 is 0 Å². The van der Waals surface area contributed by atoms with E-state index in [1.165, 1.54) is 7.11 Å². The summed E-state index contributed by atoms with van der Waals surface area (Å²) in [5, 5.41) is 3.26. The first kappa shape index (κ1) is 9.93. The van der Waals surface area contributed by atoms with Gasteiger partial charge in [-0.1, -0.05) is 0 Å². The molecule has 2 atom stereocenters. The van der Waals surface area contributed by atoms with Crippen molar-refractivity contribution in [2.45, 2.75) is 19.4 Å². The molecule has 2 saturated heterocycles. The number of ether oxygens (including phenoxy) is 2. The fraction of sp³-hybridized carbons (Fsp3) is 0.900. The van der Waals surface area contributed by atoms with Crippen LogP contribution < -0.4 is 5.32 Å². The Bertz CT molecular complexity index is 264. The van der Waals surface area contributed by atoms with Crippen molar-refractivity contribution in [3.63, 3.8) is 0 Å². The molecule has 0 unspecified atom stereocenters. The van der Waals surface area contributed by atoms with E-state index in [0.717, 1.165) is 6.54 Å². The molecule has 0 saturated carbocycles. The Morgan fingerprint density at radius 3 is 2.93 bits per heavy atom. The van der Waals surface area contributed by atoms with Crippen LogP contribution in [0.4, 0.5) is 0 Å². The van der Waals surface area contributed by atoms with Crippen molar-refractivity contribution < 1.29 is 14.3 Å². The number of nitrogens with one attached hydrogen (secondary N) is 1. The van der Waals surface area contributed by atoms with E-state index in [4.69, 9.17) is 9.47 Å². The molecule has 0 aromatic rings. The van der Waals surface area contributed by atoms with Gasteiger partial charge in [0.15, 0.2) is 0 Å². The highest BCUT2D eigenvalue weighted by Crippen LogP contribution is 2.50. The monoisotopic (exact) mass is 199 g/mol. The van der Waals surface area contributed by atoms with Gasteiger partial charge < -0.3 is 14.8 Å². The molecule has 2 aliphatic rings. The van der Waals surface area contributed by atoms with Crippen LogP contribution in [0.5, 0.6) is 0 Å². The Hall–Kier alpha value is -0.610. The number of carbonyl (C=O) groups excluding carboxylic acids is 1. The van der Waals surface area contributed by atoms with Gasteiger partial charge in [-0.25, -0.2) is 0 Å². The summed E-state index contributed by atoms with van der Waals surface area (Å²) < 4.78 is 10.6. The SMILES string of the molecule is COC(=O)[C@]12CNC[C@H]1COC2(C)C. The number of rotatable bonds is 1. The maximum absolute atomic E-state index is 11.9. The molecule has 2 fully saturated rings. The molecule has 0 radical (unpaired) electrons. The Kier molecular flexibility index (Phi) is 2.08. The number of methoxy groups -OCH3 is 1. The summed E-state index contributed by atoms with van der Waals surface area (Å²) in [5.74, 6) is 0.111. The zero-order valence-corrected chi connectivity index (χ0v) is 8.92. The molecule has 2 heterocycles. The topological polar surface area (TPSA) is 47.6 Å². The normalized spacial score (nSPS) is 39.5. The van der Waals surface area contributed by atoms with Gasteiger partial charge in [0, 0.05) is 19.0 Å². The highest BCUT2D eigenvalue weighted by molar-refractivity contribution is 5.80. The van der Waals surface area contributed by atoms with E-state index >= 15 is 0 Å². The van der Waals surface area contributed by atoms with Crippen LogP contribution in [0.3, 0.4) is 0 Å². The zero-order valence-electron chi connectivity index (χ0n) is 8.92. The Balaban J connectivity index is 2.39. The first-order valence-electron chi connectivity index (χ1n) is 4.98. The van der Waals surface area contributed by atoms with Crippen molar-refractivity contribution in [2.24, 2.45) is 11.3 Å². The molecule has 0 aliphatic carbocycles. The number of fused-ring (bicyclic) bond motifs is 1. The van der Waals surface area contributed by atoms with Crippen molar-refractivity contribution >= 4 is 5.97 Å². The van der Waals surface area contributed by atoms with Crippen LogP contribution in [0.1, 0.15) is 13.8 Å². The molecule has 1 N–H and O–H groups in total. The molecule has 2 aliphatic heterocycles. The quantitative estimate of drug-likeness (QED) is 0.612. The summed E-state index contributed by atoms with van der Waals surface area (Å²) >= 11 is 0. The van der Waals surface area contributed by atoms with Gasteiger partial charge >= 0.3 is 5.97 Å². The number of carbonyl (C=O) groups is 1. The van der Waals surface area contributed by atoms with E-state index in [2.05, 4.69) is 5.32 Å². The van der Waals surface area contributed by atoms with Gasteiger partial charge in [-0.2, -0.15) is 0 Å². The van der Waals surface area contributed by atoms with Crippen molar-refractivity contribution in [1.29, 1.82) is 0 Å². The lowest BCUT2D eigenvalue weighted by Crippen LogP contribution is -2.51. The van der Waals surface area contributed by atoms with Crippen LogP contribution in [-0.2, 0) is 14.3 Å². The number of esters is 1. The van der Waals surface area contributed by atoms with Crippen LogP contribution in [0.25, 0.3) is 0 Å². The van der Waals surface area contributed by atoms with E-state index in [0.29, 0.717) is 13.2 Å². The molecule has 0 spiro atoms. The largest absolute Gasteiger partial charge is 0.468 e. The van der Waals surface area contributed by atoms with E-state index in [-0.39, 0.29) is 11.9 Å². The van der Waals surface area contributed by atoms with E-state index in [9.17, 15) is 4.79 Å². The predicted octanol–water partition coefficient (Wildman–Crippen LogP) is 0.174. The molecule has 80 valence electrons. The third kappa shape index (κ3) is 0.982. The molecule has 0 amide bonds. The Labute approximate surface area is 84.0 Å². The lowest BCUT2D eigenvalue weighted by atomic mass is 9.69. The summed E-state index contributed by atoms with van der Waals surface area (Å²) in [6.45, 7) is 6.10. The maximum atomic E-state index is 11.9. The minimum Gasteiger partial charge on any atom is -0.468 e. The summed E-state index contributed by atoms with van der Waals surface area (Å²) in [5.41, 5.74) is -0.907. The molecular weight excluding hydrogens is 182 g/mol. The van der Waals surface area contributed by atoms with E-state index in [1.54, 1.807) is 0 Å². The first-order chi connectivity index (χ1) is 6.54. The van der Waals surface area contributed by atoms with Gasteiger partial charge in [-0.3, -0.25) is 4.79 Å². The average molecular weight is 199 g/mol. The van der Waals surface area contributed by atoms with Gasteiger partial charge in [0.2, 0.25) is 0 Å². The van der Waals surface area contributed by atoms with Crippen LogP contribution in [0.15, 0.2) is 0 Å². The average Bonchev–Trinajstić information content (AvgIpc) is 2.66. The van der Waals surface area contributed by atoms with E-state index in [1.807, 2.05) is 13.8 Å². The third-order valence-electron chi connectivity index (χ3n) is 3.76. The van der Waals surface area contributed by atoms with Crippen LogP contribution in [0.2, 0.25) is 0 Å². The minimum atomic E-state index is -0.484. The van der Waals surface area contributed by atoms with Crippen molar-refractivity contribution in [3.05, 3.63) is 0 Å². The standard InChI is InChI=1S/C10H17NO3/c1-9(2)10(8(12)13-3)6-11-4-7(10)5-14-9/h7,11H,4-6H2,1-3H3/t7-,10-/m0/s1. The smallest absolute Gasteiger partial charge is 0.316 e. The van der Waals surface area contributed by atoms with Crippen LogP contribution in [0, 0.1) is 11.3 Å². The molecular formula is C10H17NO3. The highest BCUT2D eigenvalue weighted by Gasteiger charge is 2.64. The molecule has 0 bridgehead atoms. The third-order valence-corrected chi connectivity index (χ3v) is 3.76. The summed E-state index contributed by atoms with van der Waals surface area (Å²) in [4.78, 5) is 11.9. The lowest BCUT2D eigenvalue weighted by molar-refractivity contribution is -0.162. The number of hydrogen-bond donors (Lipinski definition) is 1. The second-order valence-corrected chi connectivity index (χ2v) is 4.61. The van der Waals surface area contributed by atoms with Gasteiger partial charge in [0.1, 0.15) is 5.41 Å². The maximum Gasteiger partial charge on any atom is 0.316 e. The van der Waals surface area contributed by atoms with Crippen LogP contribution in [-0.4, -0.2) is 38.4 Å². The van der Waals surface area contributed by atoms with Gasteiger partial charge in [0.05, 0.1) is 19.3 Å². The molecule has 14 heavy (non-hydrogen) atoms. The second-order valence-electron chi connectivity index (χ2n) is 4.61. The van der Waals surface area contributed by atoms with Crippen molar-refractivity contribution in [1.82, 2.24) is 5.32 Å². The van der Waals surface area contributed by atoms with Gasteiger partial charge in [-0.15, -0.1) is 0 Å². The van der Waals surface area contributed by atoms with Gasteiger partial charge in [0.25, 0.3) is 0 Å². The molecule has 0 aromatic heterocycles. The highest BCUT2D eigenvalue weighted by atomic mass is 16.5.